The average molecular weight is 171 g/mol. The summed E-state index contributed by atoms with van der Waals surface area (Å²) in [5.74, 6) is 0.234. The van der Waals surface area contributed by atoms with Crippen molar-refractivity contribution in [3.8, 4) is 0 Å². The van der Waals surface area contributed by atoms with Crippen LogP contribution >= 0.6 is 0 Å². The molecule has 0 unspecified atom stereocenters. The number of nitrogens with two attached hydrogens (primary N) is 1. The van der Waals surface area contributed by atoms with Gasteiger partial charge < -0.3 is 10.6 Å². The van der Waals surface area contributed by atoms with Gasteiger partial charge in [0.05, 0.1) is 6.54 Å². The predicted molar refractivity (Wildman–Crippen MR) is 47.7 cm³/mol. The Morgan fingerprint density at radius 1 is 1.50 bits per heavy atom. The van der Waals surface area contributed by atoms with Crippen molar-refractivity contribution in [2.75, 3.05) is 39.8 Å². The van der Waals surface area contributed by atoms with Crippen LogP contribution in [0.15, 0.2) is 0 Å². The summed E-state index contributed by atoms with van der Waals surface area (Å²) in [6, 6.07) is 0. The van der Waals surface area contributed by atoms with Gasteiger partial charge in [-0.25, -0.2) is 0 Å². The highest BCUT2D eigenvalue weighted by molar-refractivity contribution is 5.78. The molecule has 4 heteroatoms. The van der Waals surface area contributed by atoms with Gasteiger partial charge in [0.15, 0.2) is 0 Å². The van der Waals surface area contributed by atoms with Crippen LogP contribution in [-0.2, 0) is 4.79 Å². The van der Waals surface area contributed by atoms with Gasteiger partial charge in [-0.15, -0.1) is 0 Å². The number of rotatable bonds is 3. The third kappa shape index (κ3) is 2.46. The van der Waals surface area contributed by atoms with Gasteiger partial charge in [0, 0.05) is 19.6 Å². The Bertz CT molecular complexity index is 158. The number of hydrogen-bond acceptors (Lipinski definition) is 3. The highest BCUT2D eigenvalue weighted by Gasteiger charge is 2.20. The lowest BCUT2D eigenvalue weighted by atomic mass is 10.3. The highest BCUT2D eigenvalue weighted by Crippen LogP contribution is 2.00. The number of likely N-dealkylation sites (N-methyl/N-ethyl adjacent to an activating group) is 1. The normalized spacial score (nSPS) is 20.2. The van der Waals surface area contributed by atoms with Crippen LogP contribution in [0.25, 0.3) is 0 Å². The van der Waals surface area contributed by atoms with Gasteiger partial charge in [0.2, 0.25) is 5.91 Å². The van der Waals surface area contributed by atoms with Crippen LogP contribution in [0.5, 0.6) is 0 Å². The van der Waals surface area contributed by atoms with E-state index in [-0.39, 0.29) is 5.91 Å². The first-order valence-electron chi connectivity index (χ1n) is 4.40. The van der Waals surface area contributed by atoms with Crippen LogP contribution in [0, 0.1) is 0 Å². The molecule has 0 bridgehead atoms. The number of amides is 1. The van der Waals surface area contributed by atoms with Gasteiger partial charge in [0.1, 0.15) is 0 Å². The zero-order chi connectivity index (χ0) is 8.97. The van der Waals surface area contributed by atoms with E-state index in [9.17, 15) is 4.79 Å². The molecule has 4 nitrogen and oxygen atoms in total. The van der Waals surface area contributed by atoms with Crippen LogP contribution in [0.1, 0.15) is 6.42 Å². The van der Waals surface area contributed by atoms with Crippen molar-refractivity contribution in [3.05, 3.63) is 0 Å². The molecule has 0 aromatic carbocycles. The lowest BCUT2D eigenvalue weighted by Crippen LogP contribution is -2.49. The molecule has 1 amide bonds. The molecule has 2 N–H and O–H groups in total. The van der Waals surface area contributed by atoms with Crippen molar-refractivity contribution in [1.29, 1.82) is 0 Å². The minimum absolute atomic E-state index is 0.234. The van der Waals surface area contributed by atoms with E-state index in [0.29, 0.717) is 13.1 Å². The van der Waals surface area contributed by atoms with Crippen LogP contribution in [0.3, 0.4) is 0 Å². The molecule has 0 aromatic heterocycles. The van der Waals surface area contributed by atoms with E-state index >= 15 is 0 Å². The molecule has 70 valence electrons. The molecule has 12 heavy (non-hydrogen) atoms. The van der Waals surface area contributed by atoms with E-state index in [1.54, 1.807) is 0 Å². The number of carbonyl (C=O) groups is 1. The molecule has 1 rings (SSSR count). The summed E-state index contributed by atoms with van der Waals surface area (Å²) in [4.78, 5) is 15.3. The predicted octanol–water partition coefficient (Wildman–Crippen LogP) is -0.891. The molecule has 1 aliphatic rings. The fourth-order valence-corrected chi connectivity index (χ4v) is 1.34. The minimum atomic E-state index is 0.234. The van der Waals surface area contributed by atoms with E-state index in [2.05, 4.69) is 0 Å². The molecule has 1 saturated heterocycles. The fraction of sp³-hybridized carbons (Fsp3) is 0.875. The fourth-order valence-electron chi connectivity index (χ4n) is 1.34. The maximum atomic E-state index is 11.4. The number of nitrogens with zero attached hydrogens (tertiary/aromatic N) is 2. The van der Waals surface area contributed by atoms with Crippen LogP contribution in [0.4, 0.5) is 0 Å². The number of piperazine rings is 1. The van der Waals surface area contributed by atoms with Gasteiger partial charge in [-0.1, -0.05) is 0 Å². The third-order valence-corrected chi connectivity index (χ3v) is 2.14. The van der Waals surface area contributed by atoms with Gasteiger partial charge in [-0.2, -0.15) is 0 Å². The van der Waals surface area contributed by atoms with Crippen molar-refractivity contribution < 1.29 is 4.79 Å². The first-order chi connectivity index (χ1) is 5.74. The largest absolute Gasteiger partial charge is 0.340 e. The van der Waals surface area contributed by atoms with Crippen molar-refractivity contribution in [2.45, 2.75) is 6.42 Å². The molecule has 0 aliphatic carbocycles. The second kappa shape index (κ2) is 4.42. The van der Waals surface area contributed by atoms with E-state index in [1.807, 2.05) is 16.8 Å². The molecule has 1 fully saturated rings. The topological polar surface area (TPSA) is 49.6 Å². The SMILES string of the molecule is CN1CCN(CCCN)C(=O)C1. The molecular formula is C8H17N3O. The van der Waals surface area contributed by atoms with Crippen LogP contribution in [0.2, 0.25) is 0 Å². The average Bonchev–Trinajstić information content (AvgIpc) is 2.03. The Morgan fingerprint density at radius 2 is 2.25 bits per heavy atom. The minimum Gasteiger partial charge on any atom is -0.340 e. The van der Waals surface area contributed by atoms with E-state index < -0.39 is 0 Å². The quantitative estimate of drug-likeness (QED) is 0.599. The van der Waals surface area contributed by atoms with E-state index in [0.717, 1.165) is 26.1 Å². The van der Waals surface area contributed by atoms with Crippen molar-refractivity contribution in [3.63, 3.8) is 0 Å². The van der Waals surface area contributed by atoms with Gasteiger partial charge in [0.25, 0.3) is 0 Å². The lowest BCUT2D eigenvalue weighted by Gasteiger charge is -2.31. The maximum absolute atomic E-state index is 11.4. The monoisotopic (exact) mass is 171 g/mol. The van der Waals surface area contributed by atoms with Gasteiger partial charge in [-0.05, 0) is 20.0 Å². The molecule has 1 aliphatic heterocycles. The summed E-state index contributed by atoms with van der Waals surface area (Å²) in [5.41, 5.74) is 5.37. The Hall–Kier alpha value is -0.610. The summed E-state index contributed by atoms with van der Waals surface area (Å²) in [7, 11) is 1.97. The Kier molecular flexibility index (Phi) is 3.49. The molecule has 0 saturated carbocycles. The molecule has 0 atom stereocenters. The third-order valence-electron chi connectivity index (χ3n) is 2.14. The Morgan fingerprint density at radius 3 is 2.83 bits per heavy atom. The van der Waals surface area contributed by atoms with E-state index in [1.165, 1.54) is 0 Å². The zero-order valence-electron chi connectivity index (χ0n) is 7.62. The maximum Gasteiger partial charge on any atom is 0.236 e. The summed E-state index contributed by atoms with van der Waals surface area (Å²) in [6.07, 6.45) is 0.912. The van der Waals surface area contributed by atoms with Gasteiger partial charge in [-0.3, -0.25) is 9.69 Å². The summed E-state index contributed by atoms with van der Waals surface area (Å²) in [5, 5.41) is 0. The smallest absolute Gasteiger partial charge is 0.236 e. The van der Waals surface area contributed by atoms with Crippen LogP contribution < -0.4 is 5.73 Å². The van der Waals surface area contributed by atoms with Crippen molar-refractivity contribution in [1.82, 2.24) is 9.80 Å². The Balaban J connectivity index is 2.30. The first-order valence-corrected chi connectivity index (χ1v) is 4.40. The van der Waals surface area contributed by atoms with E-state index in [4.69, 9.17) is 5.73 Å². The summed E-state index contributed by atoms with van der Waals surface area (Å²) in [6.45, 7) is 3.89. The number of hydrogen-bond donors (Lipinski definition) is 1. The lowest BCUT2D eigenvalue weighted by molar-refractivity contribution is -0.135. The number of carbonyl (C=O) groups excluding carboxylic acids is 1. The molecular weight excluding hydrogens is 154 g/mol. The second-order valence-electron chi connectivity index (χ2n) is 3.26. The molecule has 0 radical (unpaired) electrons. The summed E-state index contributed by atoms with van der Waals surface area (Å²) < 4.78 is 0. The van der Waals surface area contributed by atoms with Crippen LogP contribution in [-0.4, -0.2) is 55.5 Å². The standard InChI is InChI=1S/C8H17N3O/c1-10-5-6-11(4-2-3-9)8(12)7-10/h2-7,9H2,1H3. The molecule has 0 spiro atoms. The first kappa shape index (κ1) is 9.48. The zero-order valence-corrected chi connectivity index (χ0v) is 7.62. The van der Waals surface area contributed by atoms with Gasteiger partial charge >= 0.3 is 0 Å². The van der Waals surface area contributed by atoms with Crippen molar-refractivity contribution >= 4 is 5.91 Å². The van der Waals surface area contributed by atoms with Crippen molar-refractivity contribution in [2.24, 2.45) is 5.73 Å². The molecule has 0 aromatic rings. The molecule has 1 heterocycles. The summed E-state index contributed by atoms with van der Waals surface area (Å²) >= 11 is 0. The second-order valence-corrected chi connectivity index (χ2v) is 3.26. The highest BCUT2D eigenvalue weighted by atomic mass is 16.2. The Labute approximate surface area is 73.3 Å².